The van der Waals surface area contributed by atoms with E-state index in [1.165, 1.54) is 0 Å². The van der Waals surface area contributed by atoms with E-state index in [4.69, 9.17) is 4.55 Å². The van der Waals surface area contributed by atoms with Crippen LogP contribution in [0.1, 0.15) is 0 Å². The fourth-order valence-corrected chi connectivity index (χ4v) is 0.406. The molecule has 0 aliphatic carbocycles. The zero-order valence-electron chi connectivity index (χ0n) is 4.07. The third-order valence-electron chi connectivity index (χ3n) is 0.444. The summed E-state index contributed by atoms with van der Waals surface area (Å²) in [7, 11) is 0. The molecule has 0 heterocycles. The molecule has 0 aromatic rings. The summed E-state index contributed by atoms with van der Waals surface area (Å²) in [6, 6.07) is 0. The number of rotatable bonds is 4. The van der Waals surface area contributed by atoms with Gasteiger partial charge in [0.05, 0.1) is 5.75 Å². The van der Waals surface area contributed by atoms with Crippen LogP contribution in [0.15, 0.2) is 0 Å². The number of carbonyl (C=O) groups excluding carboxylic acids is 1. The minimum Gasteiger partial charge on any atom is -0.467 e. The summed E-state index contributed by atoms with van der Waals surface area (Å²) < 4.78 is 22.0. The lowest BCUT2D eigenvalue weighted by Crippen LogP contribution is -2.03. The Bertz CT molecular complexity index is 91.3. The Labute approximate surface area is 49.1 Å². The van der Waals surface area contributed by atoms with Gasteiger partial charge in [0.25, 0.3) is 6.47 Å². The first-order valence-corrected chi connectivity index (χ1v) is 3.17. The third kappa shape index (κ3) is 5.58. The van der Waals surface area contributed by atoms with Crippen molar-refractivity contribution < 1.29 is 18.3 Å². The predicted molar refractivity (Wildman–Crippen MR) is 27.7 cm³/mol. The van der Waals surface area contributed by atoms with Crippen molar-refractivity contribution in [3.8, 4) is 0 Å². The smallest absolute Gasteiger partial charge is 0.293 e. The Morgan fingerprint density at radius 2 is 2.38 bits per heavy atom. The highest BCUT2D eigenvalue weighted by Gasteiger charge is 1.90. The first kappa shape index (κ1) is 7.58. The van der Waals surface area contributed by atoms with E-state index in [2.05, 4.69) is 4.74 Å². The van der Waals surface area contributed by atoms with Gasteiger partial charge >= 0.3 is 0 Å². The van der Waals surface area contributed by atoms with E-state index in [-0.39, 0.29) is 18.8 Å². The lowest BCUT2D eigenvalue weighted by atomic mass is 10.9. The Balaban J connectivity index is 2.93. The molecule has 0 saturated heterocycles. The highest BCUT2D eigenvalue weighted by molar-refractivity contribution is 7.79. The molecule has 0 saturated carbocycles. The van der Waals surface area contributed by atoms with E-state index in [0.29, 0.717) is 0 Å². The van der Waals surface area contributed by atoms with Crippen molar-refractivity contribution in [3.63, 3.8) is 0 Å². The van der Waals surface area contributed by atoms with Crippen LogP contribution in [0.25, 0.3) is 0 Å². The highest BCUT2D eigenvalue weighted by atomic mass is 32.2. The molecular formula is C3H6O4S. The molecule has 0 aromatic heterocycles. The zero-order valence-corrected chi connectivity index (χ0v) is 4.89. The lowest BCUT2D eigenvalue weighted by molar-refractivity contribution is -0.128. The summed E-state index contributed by atoms with van der Waals surface area (Å²) in [5.41, 5.74) is 0. The Morgan fingerprint density at radius 1 is 1.75 bits per heavy atom. The van der Waals surface area contributed by atoms with Crippen molar-refractivity contribution >= 4 is 17.6 Å². The quantitative estimate of drug-likeness (QED) is 0.319. The molecule has 48 valence electrons. The van der Waals surface area contributed by atoms with Gasteiger partial charge < -0.3 is 9.29 Å². The SMILES string of the molecule is O=COCCS(=O)O. The predicted octanol–water partition coefficient (Wildman–Crippen LogP) is -0.619. The van der Waals surface area contributed by atoms with Gasteiger partial charge in [-0.25, -0.2) is 4.21 Å². The van der Waals surface area contributed by atoms with E-state index in [1.54, 1.807) is 0 Å². The van der Waals surface area contributed by atoms with Crippen LogP contribution < -0.4 is 0 Å². The molecule has 1 N–H and O–H groups in total. The van der Waals surface area contributed by atoms with Crippen molar-refractivity contribution in [3.05, 3.63) is 0 Å². The molecule has 0 aromatic carbocycles. The highest BCUT2D eigenvalue weighted by Crippen LogP contribution is 1.73. The summed E-state index contributed by atoms with van der Waals surface area (Å²) in [6.45, 7) is 0.249. The van der Waals surface area contributed by atoms with Crippen molar-refractivity contribution in [2.75, 3.05) is 12.4 Å². The first-order chi connectivity index (χ1) is 3.77. The van der Waals surface area contributed by atoms with Gasteiger partial charge in [-0.15, -0.1) is 0 Å². The van der Waals surface area contributed by atoms with Crippen LogP contribution >= 0.6 is 0 Å². The molecule has 1 atom stereocenters. The van der Waals surface area contributed by atoms with Gasteiger partial charge in [0.15, 0.2) is 11.1 Å². The van der Waals surface area contributed by atoms with Gasteiger partial charge in [-0.1, -0.05) is 0 Å². The monoisotopic (exact) mass is 138 g/mol. The van der Waals surface area contributed by atoms with Crippen LogP contribution in [0.2, 0.25) is 0 Å². The van der Waals surface area contributed by atoms with E-state index < -0.39 is 11.1 Å². The average Bonchev–Trinajstić information content (AvgIpc) is 1.66. The van der Waals surface area contributed by atoms with Crippen LogP contribution in [0.4, 0.5) is 0 Å². The van der Waals surface area contributed by atoms with Crippen molar-refractivity contribution in [2.24, 2.45) is 0 Å². The molecule has 0 fully saturated rings. The fourth-order valence-electron chi connectivity index (χ4n) is 0.168. The molecular weight excluding hydrogens is 132 g/mol. The van der Waals surface area contributed by atoms with E-state index in [9.17, 15) is 9.00 Å². The van der Waals surface area contributed by atoms with Gasteiger partial charge in [0.2, 0.25) is 0 Å². The van der Waals surface area contributed by atoms with E-state index in [1.807, 2.05) is 0 Å². The molecule has 0 radical (unpaired) electrons. The van der Waals surface area contributed by atoms with Crippen molar-refractivity contribution in [1.29, 1.82) is 0 Å². The van der Waals surface area contributed by atoms with Crippen molar-refractivity contribution in [1.82, 2.24) is 0 Å². The van der Waals surface area contributed by atoms with Gasteiger partial charge in [0, 0.05) is 0 Å². The largest absolute Gasteiger partial charge is 0.467 e. The van der Waals surface area contributed by atoms with Crippen LogP contribution in [0.3, 0.4) is 0 Å². The average molecular weight is 138 g/mol. The molecule has 1 unspecified atom stereocenters. The maximum Gasteiger partial charge on any atom is 0.293 e. The number of hydrogen-bond donors (Lipinski definition) is 1. The normalized spacial score (nSPS) is 12.6. The molecule has 0 bridgehead atoms. The van der Waals surface area contributed by atoms with Gasteiger partial charge in [0.1, 0.15) is 6.61 Å². The Hall–Kier alpha value is -0.420. The Kier molecular flexibility index (Phi) is 4.48. The molecule has 0 aliphatic rings. The van der Waals surface area contributed by atoms with Crippen LogP contribution in [0, 0.1) is 0 Å². The minimum atomic E-state index is -1.85. The minimum absolute atomic E-state index is 0.00656. The zero-order chi connectivity index (χ0) is 6.41. The van der Waals surface area contributed by atoms with Crippen molar-refractivity contribution in [2.45, 2.75) is 0 Å². The number of ether oxygens (including phenoxy) is 1. The van der Waals surface area contributed by atoms with Gasteiger partial charge in [-0.2, -0.15) is 0 Å². The number of carbonyl (C=O) groups is 1. The van der Waals surface area contributed by atoms with E-state index in [0.717, 1.165) is 0 Å². The summed E-state index contributed by atoms with van der Waals surface area (Å²) in [6.07, 6.45) is 0. The Morgan fingerprint density at radius 3 is 2.75 bits per heavy atom. The second-order valence-corrected chi connectivity index (χ2v) is 2.04. The topological polar surface area (TPSA) is 63.6 Å². The maximum absolute atomic E-state index is 9.79. The summed E-state index contributed by atoms with van der Waals surface area (Å²) in [5.74, 6) is -0.0151. The van der Waals surface area contributed by atoms with E-state index >= 15 is 0 Å². The standard InChI is InChI=1S/C3H6O4S/c4-3-7-1-2-8(5)6/h3H,1-2H2,(H,5,6). The summed E-state index contributed by atoms with van der Waals surface area (Å²) in [4.78, 5) is 9.38. The molecule has 0 spiro atoms. The molecule has 8 heavy (non-hydrogen) atoms. The first-order valence-electron chi connectivity index (χ1n) is 1.90. The molecule has 0 rings (SSSR count). The third-order valence-corrected chi connectivity index (χ3v) is 0.960. The van der Waals surface area contributed by atoms with Crippen LogP contribution in [-0.4, -0.2) is 27.6 Å². The van der Waals surface area contributed by atoms with Crippen LogP contribution in [-0.2, 0) is 20.6 Å². The number of hydrogen-bond acceptors (Lipinski definition) is 3. The van der Waals surface area contributed by atoms with Gasteiger partial charge in [-0.05, 0) is 0 Å². The fraction of sp³-hybridized carbons (Fsp3) is 0.667. The van der Waals surface area contributed by atoms with Gasteiger partial charge in [-0.3, -0.25) is 4.79 Å². The molecule has 5 heteroatoms. The lowest BCUT2D eigenvalue weighted by Gasteiger charge is -1.90. The second kappa shape index (κ2) is 4.73. The summed E-state index contributed by atoms with van der Waals surface area (Å²) >= 11 is -1.85. The second-order valence-electron chi connectivity index (χ2n) is 0.993. The maximum atomic E-state index is 9.79. The molecule has 4 nitrogen and oxygen atoms in total. The summed E-state index contributed by atoms with van der Waals surface area (Å²) in [5, 5.41) is 0. The van der Waals surface area contributed by atoms with Crippen LogP contribution in [0.5, 0.6) is 0 Å². The molecule has 0 amide bonds. The molecule has 0 aliphatic heterocycles.